The van der Waals surface area contributed by atoms with Gasteiger partial charge in [0.15, 0.2) is 0 Å². The third-order valence-electron chi connectivity index (χ3n) is 1.81. The molecule has 0 bridgehead atoms. The fourth-order valence-corrected chi connectivity index (χ4v) is 1.06. The molecule has 0 heterocycles. The molecule has 0 fully saturated rings. The molecular formula is C11H12O2. The minimum Gasteiger partial charge on any atom is -0.481 e. The Kier molecular flexibility index (Phi) is 3.36. The van der Waals surface area contributed by atoms with Gasteiger partial charge in [-0.1, -0.05) is 12.0 Å². The second-order valence-electron chi connectivity index (χ2n) is 2.74. The lowest BCUT2D eigenvalue weighted by Crippen LogP contribution is -1.95. The molecule has 0 atom stereocenters. The third-order valence-corrected chi connectivity index (χ3v) is 1.81. The van der Waals surface area contributed by atoms with Crippen molar-refractivity contribution in [3.63, 3.8) is 0 Å². The van der Waals surface area contributed by atoms with Gasteiger partial charge in [-0.15, -0.1) is 6.42 Å². The summed E-state index contributed by atoms with van der Waals surface area (Å²) in [5.74, 6) is 3.14. The van der Waals surface area contributed by atoms with Crippen LogP contribution in [0.5, 0.6) is 5.75 Å². The van der Waals surface area contributed by atoms with Crippen molar-refractivity contribution in [1.29, 1.82) is 0 Å². The smallest absolute Gasteiger partial charge is 0.148 e. The van der Waals surface area contributed by atoms with Gasteiger partial charge in [0.2, 0.25) is 0 Å². The summed E-state index contributed by atoms with van der Waals surface area (Å²) in [5, 5.41) is 8.91. The number of aliphatic hydroxyl groups excluding tert-OH is 1. The van der Waals surface area contributed by atoms with Crippen molar-refractivity contribution in [1.82, 2.24) is 0 Å². The van der Waals surface area contributed by atoms with Crippen LogP contribution in [-0.2, 0) is 6.61 Å². The van der Waals surface area contributed by atoms with Gasteiger partial charge in [0.1, 0.15) is 12.4 Å². The second-order valence-corrected chi connectivity index (χ2v) is 2.74. The van der Waals surface area contributed by atoms with E-state index in [4.69, 9.17) is 16.3 Å². The predicted molar refractivity (Wildman–Crippen MR) is 51.4 cm³/mol. The highest BCUT2D eigenvalue weighted by Crippen LogP contribution is 2.16. The van der Waals surface area contributed by atoms with E-state index in [0.717, 1.165) is 16.9 Å². The maximum atomic E-state index is 8.91. The van der Waals surface area contributed by atoms with E-state index in [9.17, 15) is 0 Å². The van der Waals surface area contributed by atoms with Crippen LogP contribution in [-0.4, -0.2) is 11.7 Å². The summed E-state index contributed by atoms with van der Waals surface area (Å²) in [5.41, 5.74) is 1.92. The highest BCUT2D eigenvalue weighted by molar-refractivity contribution is 5.34. The molecule has 0 radical (unpaired) electrons. The maximum absolute atomic E-state index is 8.91. The molecule has 0 aliphatic heterocycles. The van der Waals surface area contributed by atoms with Crippen molar-refractivity contribution >= 4 is 0 Å². The number of aliphatic hydroxyl groups is 1. The van der Waals surface area contributed by atoms with Crippen LogP contribution in [0.3, 0.4) is 0 Å². The quantitative estimate of drug-likeness (QED) is 0.707. The molecule has 0 amide bonds. The maximum Gasteiger partial charge on any atom is 0.148 e. The van der Waals surface area contributed by atoms with E-state index in [0.29, 0.717) is 0 Å². The highest BCUT2D eigenvalue weighted by Gasteiger charge is 1.98. The Morgan fingerprint density at radius 2 is 2.31 bits per heavy atom. The van der Waals surface area contributed by atoms with Crippen LogP contribution in [0, 0.1) is 19.3 Å². The number of hydrogen-bond acceptors (Lipinski definition) is 2. The van der Waals surface area contributed by atoms with E-state index in [1.54, 1.807) is 6.07 Å². The molecule has 0 aliphatic carbocycles. The Hall–Kier alpha value is -1.46. The topological polar surface area (TPSA) is 29.5 Å². The standard InChI is InChI=1S/C11H12O2/c1-3-6-13-11-5-4-10(8-12)9(2)7-11/h1,4-5,7,12H,6,8H2,2H3. The second kappa shape index (κ2) is 4.54. The minimum atomic E-state index is 0.0568. The van der Waals surface area contributed by atoms with Gasteiger partial charge in [-0.2, -0.15) is 0 Å². The van der Waals surface area contributed by atoms with Crippen LogP contribution < -0.4 is 4.74 Å². The number of aryl methyl sites for hydroxylation is 1. The van der Waals surface area contributed by atoms with Crippen LogP contribution in [0.25, 0.3) is 0 Å². The lowest BCUT2D eigenvalue weighted by atomic mass is 10.1. The van der Waals surface area contributed by atoms with Gasteiger partial charge in [-0.05, 0) is 30.2 Å². The summed E-state index contributed by atoms with van der Waals surface area (Å²) in [7, 11) is 0. The molecule has 1 aromatic rings. The van der Waals surface area contributed by atoms with E-state index in [2.05, 4.69) is 5.92 Å². The molecule has 68 valence electrons. The monoisotopic (exact) mass is 176 g/mol. The summed E-state index contributed by atoms with van der Waals surface area (Å²) in [6, 6.07) is 5.50. The van der Waals surface area contributed by atoms with Crippen LogP contribution in [0.1, 0.15) is 11.1 Å². The van der Waals surface area contributed by atoms with Gasteiger partial charge in [-0.25, -0.2) is 0 Å². The first kappa shape index (κ1) is 9.63. The predicted octanol–water partition coefficient (Wildman–Crippen LogP) is 1.50. The molecule has 0 aliphatic rings. The molecular weight excluding hydrogens is 164 g/mol. The van der Waals surface area contributed by atoms with E-state index in [1.807, 2.05) is 19.1 Å². The Bertz CT molecular complexity index is 323. The summed E-state index contributed by atoms with van der Waals surface area (Å²) in [4.78, 5) is 0. The van der Waals surface area contributed by atoms with Crippen LogP contribution in [0.2, 0.25) is 0 Å². The molecule has 0 unspecified atom stereocenters. The lowest BCUT2D eigenvalue weighted by Gasteiger charge is -2.06. The molecule has 1 rings (SSSR count). The number of ether oxygens (including phenoxy) is 1. The molecule has 2 heteroatoms. The molecule has 2 nitrogen and oxygen atoms in total. The summed E-state index contributed by atoms with van der Waals surface area (Å²) in [6.45, 7) is 2.26. The Morgan fingerprint density at radius 3 is 2.85 bits per heavy atom. The zero-order chi connectivity index (χ0) is 9.68. The van der Waals surface area contributed by atoms with Gasteiger partial charge in [0.25, 0.3) is 0 Å². The minimum absolute atomic E-state index is 0.0568. The van der Waals surface area contributed by atoms with Crippen molar-refractivity contribution in [2.75, 3.05) is 6.61 Å². The van der Waals surface area contributed by atoms with Crippen LogP contribution in [0.4, 0.5) is 0 Å². The van der Waals surface area contributed by atoms with Crippen molar-refractivity contribution < 1.29 is 9.84 Å². The summed E-state index contributed by atoms with van der Waals surface area (Å²) < 4.78 is 5.22. The Morgan fingerprint density at radius 1 is 1.54 bits per heavy atom. The average Bonchev–Trinajstić information content (AvgIpc) is 2.15. The number of terminal acetylenes is 1. The Balaban J connectivity index is 2.78. The van der Waals surface area contributed by atoms with Gasteiger partial charge < -0.3 is 9.84 Å². The number of rotatable bonds is 3. The molecule has 0 saturated heterocycles. The van der Waals surface area contributed by atoms with Crippen LogP contribution in [0.15, 0.2) is 18.2 Å². The molecule has 0 aromatic heterocycles. The molecule has 1 N–H and O–H groups in total. The number of hydrogen-bond donors (Lipinski definition) is 1. The van der Waals surface area contributed by atoms with E-state index in [-0.39, 0.29) is 13.2 Å². The Labute approximate surface area is 78.2 Å². The zero-order valence-corrected chi connectivity index (χ0v) is 7.58. The van der Waals surface area contributed by atoms with Crippen molar-refractivity contribution in [3.8, 4) is 18.1 Å². The van der Waals surface area contributed by atoms with Crippen molar-refractivity contribution in [2.24, 2.45) is 0 Å². The molecule has 0 spiro atoms. The van der Waals surface area contributed by atoms with E-state index >= 15 is 0 Å². The fourth-order valence-electron chi connectivity index (χ4n) is 1.06. The zero-order valence-electron chi connectivity index (χ0n) is 7.58. The summed E-state index contributed by atoms with van der Waals surface area (Å²) >= 11 is 0. The molecule has 1 aromatic carbocycles. The summed E-state index contributed by atoms with van der Waals surface area (Å²) in [6.07, 6.45) is 5.06. The molecule has 0 saturated carbocycles. The van der Waals surface area contributed by atoms with Crippen molar-refractivity contribution in [2.45, 2.75) is 13.5 Å². The van der Waals surface area contributed by atoms with E-state index < -0.39 is 0 Å². The first-order chi connectivity index (χ1) is 6.27. The van der Waals surface area contributed by atoms with E-state index in [1.165, 1.54) is 0 Å². The van der Waals surface area contributed by atoms with Crippen molar-refractivity contribution in [3.05, 3.63) is 29.3 Å². The van der Waals surface area contributed by atoms with Gasteiger partial charge >= 0.3 is 0 Å². The molecule has 13 heavy (non-hydrogen) atoms. The highest BCUT2D eigenvalue weighted by atomic mass is 16.5. The largest absolute Gasteiger partial charge is 0.481 e. The SMILES string of the molecule is C#CCOc1ccc(CO)c(C)c1. The van der Waals surface area contributed by atoms with Gasteiger partial charge in [-0.3, -0.25) is 0 Å². The lowest BCUT2D eigenvalue weighted by molar-refractivity contribution is 0.280. The first-order valence-electron chi connectivity index (χ1n) is 4.04. The average molecular weight is 176 g/mol. The van der Waals surface area contributed by atoms with Gasteiger partial charge in [0, 0.05) is 0 Å². The van der Waals surface area contributed by atoms with Gasteiger partial charge in [0.05, 0.1) is 6.61 Å². The number of benzene rings is 1. The first-order valence-corrected chi connectivity index (χ1v) is 4.04. The normalized spacial score (nSPS) is 9.31. The third kappa shape index (κ3) is 2.50. The van der Waals surface area contributed by atoms with Crippen LogP contribution >= 0.6 is 0 Å². The fraction of sp³-hybridized carbons (Fsp3) is 0.273.